The van der Waals surface area contributed by atoms with Crippen molar-refractivity contribution in [1.82, 2.24) is 4.98 Å². The molecule has 1 heterocycles. The highest BCUT2D eigenvalue weighted by Crippen LogP contribution is 2.19. The molecule has 0 atom stereocenters. The van der Waals surface area contributed by atoms with E-state index < -0.39 is 10.1 Å². The molecule has 0 saturated heterocycles. The zero-order chi connectivity index (χ0) is 18.9. The number of aromatic nitrogens is 1. The molecule has 0 aromatic carbocycles. The van der Waals surface area contributed by atoms with Gasteiger partial charge in [0.1, 0.15) is 0 Å². The Morgan fingerprint density at radius 2 is 1.15 bits per heavy atom. The van der Waals surface area contributed by atoms with Crippen LogP contribution in [-0.2, 0) is 10.1 Å². The number of hydrogen-bond acceptors (Lipinski definition) is 4. The van der Waals surface area contributed by atoms with Gasteiger partial charge in [0.05, 0.1) is 5.75 Å². The molecule has 0 aliphatic heterocycles. The molecule has 1 aromatic heterocycles. The third-order valence-electron chi connectivity index (χ3n) is 4.47. The third-order valence-corrected chi connectivity index (χ3v) is 6.37. The van der Waals surface area contributed by atoms with Gasteiger partial charge in [-0.15, -0.1) is 11.8 Å². The molecule has 0 bridgehead atoms. The first-order chi connectivity index (χ1) is 12.6. The Labute approximate surface area is 164 Å². The second-order valence-corrected chi connectivity index (χ2v) is 9.65. The average Bonchev–Trinajstić information content (AvgIpc) is 2.61. The van der Waals surface area contributed by atoms with Gasteiger partial charge in [-0.25, -0.2) is 0 Å². The summed E-state index contributed by atoms with van der Waals surface area (Å²) in [6.45, 7) is 0. The number of rotatable bonds is 17. The second-order valence-electron chi connectivity index (χ2n) is 6.91. The minimum atomic E-state index is -3.76. The standard InChI is InChI=1S/C20H35NO3S2/c22-26(23,24)19-13-11-9-7-5-3-1-2-4-6-8-10-12-18-25-20-14-16-21-17-15-20/h14-17H,1-13,18-19H2,(H,22,23,24). The number of nitrogens with zero attached hydrogens (tertiary/aromatic N) is 1. The molecule has 1 N–H and O–H groups in total. The van der Waals surface area contributed by atoms with Crippen molar-refractivity contribution in [2.75, 3.05) is 11.5 Å². The Balaban J connectivity index is 1.73. The van der Waals surface area contributed by atoms with E-state index in [0.29, 0.717) is 6.42 Å². The second kappa shape index (κ2) is 15.5. The van der Waals surface area contributed by atoms with Gasteiger partial charge in [-0.2, -0.15) is 8.42 Å². The summed E-state index contributed by atoms with van der Waals surface area (Å²) >= 11 is 1.92. The van der Waals surface area contributed by atoms with Crippen LogP contribution >= 0.6 is 11.8 Å². The van der Waals surface area contributed by atoms with Crippen molar-refractivity contribution in [2.45, 2.75) is 88.4 Å². The summed E-state index contributed by atoms with van der Waals surface area (Å²) in [5.41, 5.74) is 0. The molecule has 1 aromatic rings. The highest BCUT2D eigenvalue weighted by Gasteiger charge is 2.02. The van der Waals surface area contributed by atoms with Crippen LogP contribution in [-0.4, -0.2) is 29.5 Å². The lowest BCUT2D eigenvalue weighted by Crippen LogP contribution is -2.03. The summed E-state index contributed by atoms with van der Waals surface area (Å²) in [6, 6.07) is 4.15. The van der Waals surface area contributed by atoms with Crippen molar-refractivity contribution in [2.24, 2.45) is 0 Å². The van der Waals surface area contributed by atoms with Crippen LogP contribution in [0.4, 0.5) is 0 Å². The Kier molecular flexibility index (Phi) is 13.9. The molecule has 0 spiro atoms. The van der Waals surface area contributed by atoms with E-state index in [1.807, 2.05) is 24.2 Å². The van der Waals surface area contributed by atoms with Crippen LogP contribution in [0, 0.1) is 0 Å². The highest BCUT2D eigenvalue weighted by atomic mass is 32.2. The van der Waals surface area contributed by atoms with Gasteiger partial charge in [-0.3, -0.25) is 9.54 Å². The van der Waals surface area contributed by atoms with Crippen molar-refractivity contribution < 1.29 is 13.0 Å². The summed E-state index contributed by atoms with van der Waals surface area (Å²) in [6.07, 6.45) is 19.3. The molecule has 6 heteroatoms. The maximum atomic E-state index is 10.6. The summed E-state index contributed by atoms with van der Waals surface area (Å²) in [7, 11) is -3.76. The van der Waals surface area contributed by atoms with Gasteiger partial charge >= 0.3 is 0 Å². The van der Waals surface area contributed by atoms with Crippen LogP contribution in [0.3, 0.4) is 0 Å². The molecule has 26 heavy (non-hydrogen) atoms. The van der Waals surface area contributed by atoms with E-state index in [9.17, 15) is 8.42 Å². The van der Waals surface area contributed by atoms with Gasteiger partial charge in [0.2, 0.25) is 0 Å². The number of pyridine rings is 1. The SMILES string of the molecule is O=S(=O)(O)CCCCCCCCCCCCCCCSc1ccncc1. The zero-order valence-electron chi connectivity index (χ0n) is 15.9. The smallest absolute Gasteiger partial charge is 0.264 e. The molecule has 0 amide bonds. The summed E-state index contributed by atoms with van der Waals surface area (Å²) < 4.78 is 29.8. The fourth-order valence-electron chi connectivity index (χ4n) is 2.96. The van der Waals surface area contributed by atoms with Crippen LogP contribution < -0.4 is 0 Å². The Morgan fingerprint density at radius 1 is 0.731 bits per heavy atom. The van der Waals surface area contributed by atoms with Crippen molar-refractivity contribution in [1.29, 1.82) is 0 Å². The fourth-order valence-corrected chi connectivity index (χ4v) is 4.42. The molecule has 0 saturated carbocycles. The minimum Gasteiger partial charge on any atom is -0.286 e. The van der Waals surface area contributed by atoms with Gasteiger partial charge in [-0.1, -0.05) is 70.6 Å². The monoisotopic (exact) mass is 401 g/mol. The van der Waals surface area contributed by atoms with Crippen molar-refractivity contribution in [3.8, 4) is 0 Å². The lowest BCUT2D eigenvalue weighted by atomic mass is 10.0. The largest absolute Gasteiger partial charge is 0.286 e. The zero-order valence-corrected chi connectivity index (χ0v) is 17.6. The molecule has 0 fully saturated rings. The molecule has 150 valence electrons. The maximum Gasteiger partial charge on any atom is 0.264 e. The lowest BCUT2D eigenvalue weighted by Gasteiger charge is -2.04. The van der Waals surface area contributed by atoms with E-state index in [4.69, 9.17) is 4.55 Å². The minimum absolute atomic E-state index is 0.0879. The van der Waals surface area contributed by atoms with E-state index >= 15 is 0 Å². The maximum absolute atomic E-state index is 10.6. The predicted molar refractivity (Wildman–Crippen MR) is 111 cm³/mol. The van der Waals surface area contributed by atoms with Crippen LogP contribution in [0.5, 0.6) is 0 Å². The first kappa shape index (κ1) is 23.4. The van der Waals surface area contributed by atoms with Crippen LogP contribution in [0.15, 0.2) is 29.4 Å². The Hall–Kier alpha value is -0.590. The van der Waals surface area contributed by atoms with Crippen LogP contribution in [0.25, 0.3) is 0 Å². The Morgan fingerprint density at radius 3 is 1.62 bits per heavy atom. The first-order valence-corrected chi connectivity index (χ1v) is 12.7. The molecule has 0 aliphatic rings. The number of thioether (sulfide) groups is 1. The molecule has 0 radical (unpaired) electrons. The molecule has 0 unspecified atom stereocenters. The van der Waals surface area contributed by atoms with E-state index in [1.165, 1.54) is 74.9 Å². The van der Waals surface area contributed by atoms with Gasteiger partial charge < -0.3 is 0 Å². The van der Waals surface area contributed by atoms with E-state index in [2.05, 4.69) is 17.1 Å². The van der Waals surface area contributed by atoms with E-state index in [1.54, 1.807) is 0 Å². The van der Waals surface area contributed by atoms with Crippen molar-refractivity contribution in [3.63, 3.8) is 0 Å². The third kappa shape index (κ3) is 15.6. The number of hydrogen-bond donors (Lipinski definition) is 1. The molecule has 4 nitrogen and oxygen atoms in total. The van der Waals surface area contributed by atoms with Gasteiger partial charge in [0, 0.05) is 17.3 Å². The first-order valence-electron chi connectivity index (χ1n) is 10.1. The topological polar surface area (TPSA) is 67.3 Å². The van der Waals surface area contributed by atoms with Crippen LogP contribution in [0.1, 0.15) is 83.5 Å². The summed E-state index contributed by atoms with van der Waals surface area (Å²) in [4.78, 5) is 5.35. The molecular formula is C20H35NO3S2. The lowest BCUT2D eigenvalue weighted by molar-refractivity contribution is 0.478. The van der Waals surface area contributed by atoms with Crippen molar-refractivity contribution in [3.05, 3.63) is 24.5 Å². The van der Waals surface area contributed by atoms with Gasteiger partial charge in [0.25, 0.3) is 10.1 Å². The van der Waals surface area contributed by atoms with Gasteiger partial charge in [0.15, 0.2) is 0 Å². The summed E-state index contributed by atoms with van der Waals surface area (Å²) in [5.74, 6) is 1.11. The van der Waals surface area contributed by atoms with E-state index in [-0.39, 0.29) is 5.75 Å². The highest BCUT2D eigenvalue weighted by molar-refractivity contribution is 7.99. The normalized spacial score (nSPS) is 11.7. The van der Waals surface area contributed by atoms with E-state index in [0.717, 1.165) is 12.8 Å². The predicted octanol–water partition coefficient (Wildman–Crippen LogP) is 6.13. The Bertz CT molecular complexity index is 535. The van der Waals surface area contributed by atoms with Gasteiger partial charge in [-0.05, 0) is 30.7 Å². The number of unbranched alkanes of at least 4 members (excludes halogenated alkanes) is 12. The quantitative estimate of drug-likeness (QED) is 0.193. The fraction of sp³-hybridized carbons (Fsp3) is 0.750. The molecule has 0 aliphatic carbocycles. The summed E-state index contributed by atoms with van der Waals surface area (Å²) in [5, 5.41) is 0. The van der Waals surface area contributed by atoms with Crippen LogP contribution in [0.2, 0.25) is 0 Å². The molecule has 1 rings (SSSR count). The molecular weight excluding hydrogens is 366 g/mol. The average molecular weight is 402 g/mol. The van der Waals surface area contributed by atoms with Crippen molar-refractivity contribution >= 4 is 21.9 Å².